The number of nitrogens with zero attached hydrogens (tertiary/aromatic N) is 1. The molecule has 2 aliphatic heterocycles. The molecule has 3 aromatic rings. The van der Waals surface area contributed by atoms with Gasteiger partial charge in [0.2, 0.25) is 17.7 Å². The van der Waals surface area contributed by atoms with E-state index in [-0.39, 0.29) is 41.3 Å². The van der Waals surface area contributed by atoms with Crippen molar-refractivity contribution in [2.45, 2.75) is 57.4 Å². The van der Waals surface area contributed by atoms with Crippen LogP contribution in [-0.2, 0) is 20.8 Å². The van der Waals surface area contributed by atoms with E-state index in [4.69, 9.17) is 9.94 Å². The predicted molar refractivity (Wildman–Crippen MR) is 191 cm³/mol. The second kappa shape index (κ2) is 18.4. The standard InChI is InChI=1S/C38H42N6O9/c45-31(11-6-22-53-27-14-12-24(13-15-27)18-21-41-34(47)25-7-4-8-26(23-25)35(48)43-52)40-20-3-1-2-19-39-29-10-5-9-28-33(29)38(51)44(37(28)50)30-16-17-32(46)42-36(30)49/h4-5,7-10,12-15,23,30,39,52H,1-3,6,11,16-22H2,(H,40,45)(H,41,47)(H,43,48)(H,42,46,49). The molecule has 2 aliphatic rings. The third kappa shape index (κ3) is 10.0. The summed E-state index contributed by atoms with van der Waals surface area (Å²) in [6, 6.07) is 17.5. The number of carbonyl (C=O) groups excluding carboxylic acids is 7. The molecule has 1 fully saturated rings. The molecule has 53 heavy (non-hydrogen) atoms. The summed E-state index contributed by atoms with van der Waals surface area (Å²) >= 11 is 0. The molecule has 1 unspecified atom stereocenters. The third-order valence-corrected chi connectivity index (χ3v) is 8.89. The Kier molecular flexibility index (Phi) is 13.3. The van der Waals surface area contributed by atoms with Gasteiger partial charge in [-0.15, -0.1) is 0 Å². The topological polar surface area (TPSA) is 212 Å². The van der Waals surface area contributed by atoms with Gasteiger partial charge in [0.15, 0.2) is 0 Å². The Morgan fingerprint density at radius 1 is 0.811 bits per heavy atom. The van der Waals surface area contributed by atoms with Crippen LogP contribution >= 0.6 is 0 Å². The minimum Gasteiger partial charge on any atom is -0.494 e. The van der Waals surface area contributed by atoms with Gasteiger partial charge in [0.1, 0.15) is 11.8 Å². The van der Waals surface area contributed by atoms with E-state index in [1.807, 2.05) is 24.3 Å². The Bertz CT molecular complexity index is 1860. The summed E-state index contributed by atoms with van der Waals surface area (Å²) in [6.07, 6.45) is 3.98. The second-order valence-electron chi connectivity index (χ2n) is 12.6. The number of hydrogen-bond donors (Lipinski definition) is 6. The zero-order valence-electron chi connectivity index (χ0n) is 29.1. The van der Waals surface area contributed by atoms with E-state index >= 15 is 0 Å². The quantitative estimate of drug-likeness (QED) is 0.0488. The normalized spacial score (nSPS) is 15.0. The van der Waals surface area contributed by atoms with Crippen LogP contribution in [0.3, 0.4) is 0 Å². The van der Waals surface area contributed by atoms with Crippen molar-refractivity contribution >= 4 is 47.0 Å². The van der Waals surface area contributed by atoms with Crippen molar-refractivity contribution in [1.82, 2.24) is 26.3 Å². The highest BCUT2D eigenvalue weighted by molar-refractivity contribution is 6.25. The molecule has 0 saturated carbocycles. The molecule has 0 radical (unpaired) electrons. The minimum absolute atomic E-state index is 0.0592. The van der Waals surface area contributed by atoms with Crippen LogP contribution in [0, 0.1) is 0 Å². The predicted octanol–water partition coefficient (Wildman–Crippen LogP) is 2.74. The Balaban J connectivity index is 0.912. The summed E-state index contributed by atoms with van der Waals surface area (Å²) in [5, 5.41) is 19.9. The fraction of sp³-hybridized carbons (Fsp3) is 0.342. The zero-order chi connectivity index (χ0) is 37.7. The van der Waals surface area contributed by atoms with Gasteiger partial charge < -0.3 is 20.7 Å². The number of hydrogen-bond acceptors (Lipinski definition) is 10. The maximum absolute atomic E-state index is 13.2. The molecule has 278 valence electrons. The van der Waals surface area contributed by atoms with E-state index in [1.165, 1.54) is 12.1 Å². The van der Waals surface area contributed by atoms with Gasteiger partial charge in [0, 0.05) is 49.3 Å². The summed E-state index contributed by atoms with van der Waals surface area (Å²) in [7, 11) is 0. The minimum atomic E-state index is -1.01. The van der Waals surface area contributed by atoms with Gasteiger partial charge in [-0.05, 0) is 86.6 Å². The number of ether oxygens (including phenoxy) is 1. The van der Waals surface area contributed by atoms with Crippen molar-refractivity contribution in [3.8, 4) is 5.75 Å². The summed E-state index contributed by atoms with van der Waals surface area (Å²) < 4.78 is 5.76. The summed E-state index contributed by atoms with van der Waals surface area (Å²) in [5.41, 5.74) is 4.00. The number of amides is 7. The van der Waals surface area contributed by atoms with Crippen molar-refractivity contribution < 1.29 is 43.5 Å². The number of nitrogens with one attached hydrogen (secondary N) is 5. The first kappa shape index (κ1) is 38.1. The molecule has 0 aromatic heterocycles. The molecule has 0 spiro atoms. The van der Waals surface area contributed by atoms with E-state index in [2.05, 4.69) is 21.3 Å². The van der Waals surface area contributed by atoms with E-state index in [0.29, 0.717) is 62.5 Å². The fourth-order valence-corrected chi connectivity index (χ4v) is 6.09. The number of benzene rings is 3. The molecule has 1 atom stereocenters. The van der Waals surface area contributed by atoms with Gasteiger partial charge in [0.05, 0.1) is 17.7 Å². The third-order valence-electron chi connectivity index (χ3n) is 8.89. The van der Waals surface area contributed by atoms with E-state index in [0.717, 1.165) is 29.7 Å². The highest BCUT2D eigenvalue weighted by Gasteiger charge is 2.45. The fourth-order valence-electron chi connectivity index (χ4n) is 6.09. The number of fused-ring (bicyclic) bond motifs is 1. The molecule has 0 aliphatic carbocycles. The van der Waals surface area contributed by atoms with E-state index < -0.39 is 35.6 Å². The van der Waals surface area contributed by atoms with Crippen molar-refractivity contribution in [2.24, 2.45) is 0 Å². The zero-order valence-corrected chi connectivity index (χ0v) is 29.1. The Morgan fingerprint density at radius 3 is 2.30 bits per heavy atom. The average molecular weight is 727 g/mol. The Morgan fingerprint density at radius 2 is 1.55 bits per heavy atom. The molecule has 0 bridgehead atoms. The second-order valence-corrected chi connectivity index (χ2v) is 12.6. The van der Waals surface area contributed by atoms with Crippen molar-refractivity contribution in [3.63, 3.8) is 0 Å². The number of unbranched alkanes of at least 4 members (excludes halogenated alkanes) is 2. The number of imide groups is 2. The molecule has 15 nitrogen and oxygen atoms in total. The van der Waals surface area contributed by atoms with Gasteiger partial charge in [-0.25, -0.2) is 5.48 Å². The first-order chi connectivity index (χ1) is 25.7. The van der Waals surface area contributed by atoms with Gasteiger partial charge in [-0.2, -0.15) is 0 Å². The van der Waals surface area contributed by atoms with Crippen LogP contribution in [0.4, 0.5) is 5.69 Å². The van der Waals surface area contributed by atoms with Crippen LogP contribution in [0.5, 0.6) is 5.75 Å². The van der Waals surface area contributed by atoms with Gasteiger partial charge >= 0.3 is 0 Å². The van der Waals surface area contributed by atoms with Crippen LogP contribution in [0.25, 0.3) is 0 Å². The molecule has 5 rings (SSSR count). The number of carbonyl (C=O) groups is 7. The van der Waals surface area contributed by atoms with Gasteiger partial charge in [0.25, 0.3) is 23.6 Å². The van der Waals surface area contributed by atoms with Crippen LogP contribution in [0.15, 0.2) is 66.7 Å². The summed E-state index contributed by atoms with van der Waals surface area (Å²) in [4.78, 5) is 87.3. The van der Waals surface area contributed by atoms with Crippen LogP contribution in [-0.4, -0.2) is 83.7 Å². The average Bonchev–Trinajstić information content (AvgIpc) is 3.42. The monoisotopic (exact) mass is 726 g/mol. The van der Waals surface area contributed by atoms with Crippen molar-refractivity contribution in [1.29, 1.82) is 0 Å². The van der Waals surface area contributed by atoms with Crippen molar-refractivity contribution in [3.05, 3.63) is 94.5 Å². The number of anilines is 1. The maximum Gasteiger partial charge on any atom is 0.274 e. The first-order valence-corrected chi connectivity index (χ1v) is 17.6. The van der Waals surface area contributed by atoms with Gasteiger partial charge in [-0.3, -0.25) is 49.0 Å². The van der Waals surface area contributed by atoms with E-state index in [1.54, 1.807) is 35.8 Å². The van der Waals surface area contributed by atoms with E-state index in [9.17, 15) is 33.6 Å². The highest BCUT2D eigenvalue weighted by atomic mass is 16.5. The Hall–Kier alpha value is -6.09. The number of hydroxylamine groups is 1. The molecule has 15 heteroatoms. The molecule has 6 N–H and O–H groups in total. The maximum atomic E-state index is 13.2. The molecule has 7 amide bonds. The lowest BCUT2D eigenvalue weighted by molar-refractivity contribution is -0.136. The van der Waals surface area contributed by atoms with Crippen LogP contribution < -0.4 is 31.5 Å². The lowest BCUT2D eigenvalue weighted by Crippen LogP contribution is -2.54. The first-order valence-electron chi connectivity index (χ1n) is 17.6. The van der Waals surface area contributed by atoms with Crippen LogP contribution in [0.1, 0.15) is 91.9 Å². The molecule has 1 saturated heterocycles. The molecule has 3 aromatic carbocycles. The molecular weight excluding hydrogens is 684 g/mol. The smallest absolute Gasteiger partial charge is 0.274 e. The lowest BCUT2D eigenvalue weighted by atomic mass is 10.0. The molecule has 2 heterocycles. The van der Waals surface area contributed by atoms with Gasteiger partial charge in [-0.1, -0.05) is 24.3 Å². The number of piperidine rings is 1. The van der Waals surface area contributed by atoms with Crippen LogP contribution in [0.2, 0.25) is 0 Å². The summed E-state index contributed by atoms with van der Waals surface area (Å²) in [6.45, 7) is 1.84. The van der Waals surface area contributed by atoms with Crippen molar-refractivity contribution in [2.75, 3.05) is 31.6 Å². The summed E-state index contributed by atoms with van der Waals surface area (Å²) in [5.74, 6) is -2.57. The largest absolute Gasteiger partial charge is 0.494 e. The highest BCUT2D eigenvalue weighted by Crippen LogP contribution is 2.32. The SMILES string of the molecule is O=C(CCCOc1ccc(CCNC(=O)c2cccc(C(=O)NO)c2)cc1)NCCCCCNc1cccc2c1C(=O)N(C1CCC(=O)NC1=O)C2=O. The molecular formula is C38H42N6O9. The lowest BCUT2D eigenvalue weighted by Gasteiger charge is -2.27. The number of rotatable bonds is 18. The Labute approximate surface area is 305 Å².